The molecule has 27 heavy (non-hydrogen) atoms. The minimum Gasteiger partial charge on any atom is -0.462 e. The highest BCUT2D eigenvalue weighted by Gasteiger charge is 2.24. The van der Waals surface area contributed by atoms with Gasteiger partial charge >= 0.3 is 5.97 Å². The van der Waals surface area contributed by atoms with Crippen LogP contribution in [0.5, 0.6) is 0 Å². The zero-order chi connectivity index (χ0) is 19.7. The summed E-state index contributed by atoms with van der Waals surface area (Å²) in [5.41, 5.74) is 5.45. The monoisotopic (exact) mass is 373 g/mol. The van der Waals surface area contributed by atoms with Crippen LogP contribution in [0.3, 0.4) is 0 Å². The Balaban J connectivity index is 2.06. The molecule has 3 aromatic rings. The fourth-order valence-corrected chi connectivity index (χ4v) is 2.61. The number of nitrogens with two attached hydrogens (primary N) is 1. The Kier molecular flexibility index (Phi) is 4.59. The van der Waals surface area contributed by atoms with Crippen LogP contribution >= 0.6 is 0 Å². The molecule has 0 spiro atoms. The van der Waals surface area contributed by atoms with Crippen molar-refractivity contribution >= 4 is 28.6 Å². The SMILES string of the molecule is CCOC(=O)c1c(C)oc2nc(Cn3cc([N+](=O)[O-])ccc3=O)nc(N)c12. The number of ether oxygens (including phenoxy) is 1. The molecular weight excluding hydrogens is 358 g/mol. The Labute approximate surface area is 151 Å². The van der Waals surface area contributed by atoms with Crippen molar-refractivity contribution in [3.63, 3.8) is 0 Å². The molecule has 0 unspecified atom stereocenters. The van der Waals surface area contributed by atoms with Crippen molar-refractivity contribution in [1.29, 1.82) is 0 Å². The van der Waals surface area contributed by atoms with Gasteiger partial charge in [0.1, 0.15) is 17.1 Å². The zero-order valence-corrected chi connectivity index (χ0v) is 14.5. The van der Waals surface area contributed by atoms with Crippen LogP contribution in [0.2, 0.25) is 0 Å². The number of carbonyl (C=O) groups excluding carboxylic acids is 1. The number of fused-ring (bicyclic) bond motifs is 1. The summed E-state index contributed by atoms with van der Waals surface area (Å²) in [4.78, 5) is 42.6. The van der Waals surface area contributed by atoms with Gasteiger partial charge in [0.25, 0.3) is 11.2 Å². The number of hydrogen-bond acceptors (Lipinski definition) is 9. The third-order valence-corrected chi connectivity index (χ3v) is 3.77. The summed E-state index contributed by atoms with van der Waals surface area (Å²) in [6.07, 6.45) is 1.09. The van der Waals surface area contributed by atoms with Crippen LogP contribution in [0.4, 0.5) is 11.5 Å². The van der Waals surface area contributed by atoms with Gasteiger partial charge in [-0.2, -0.15) is 4.98 Å². The lowest BCUT2D eigenvalue weighted by Gasteiger charge is -2.06. The van der Waals surface area contributed by atoms with Gasteiger partial charge in [-0.05, 0) is 13.8 Å². The van der Waals surface area contributed by atoms with Crippen molar-refractivity contribution in [3.05, 3.63) is 55.9 Å². The summed E-state index contributed by atoms with van der Waals surface area (Å²) in [6, 6.07) is 2.19. The number of anilines is 1. The molecule has 0 fully saturated rings. The van der Waals surface area contributed by atoms with Gasteiger partial charge in [-0.1, -0.05) is 0 Å². The summed E-state index contributed by atoms with van der Waals surface area (Å²) in [5, 5.41) is 11.1. The second-order valence-electron chi connectivity index (χ2n) is 5.57. The van der Waals surface area contributed by atoms with Crippen LogP contribution in [0.15, 0.2) is 27.5 Å². The summed E-state index contributed by atoms with van der Waals surface area (Å²) < 4.78 is 11.6. The van der Waals surface area contributed by atoms with Crippen LogP contribution in [-0.2, 0) is 11.3 Å². The first-order valence-corrected chi connectivity index (χ1v) is 7.89. The topological polar surface area (TPSA) is 156 Å². The predicted molar refractivity (Wildman–Crippen MR) is 93.4 cm³/mol. The number of pyridine rings is 1. The normalized spacial score (nSPS) is 10.9. The first-order chi connectivity index (χ1) is 12.8. The lowest BCUT2D eigenvalue weighted by atomic mass is 10.2. The van der Waals surface area contributed by atoms with Gasteiger partial charge in [0.05, 0.1) is 29.7 Å². The Hall–Kier alpha value is -3.76. The van der Waals surface area contributed by atoms with E-state index in [-0.39, 0.29) is 52.9 Å². The molecule has 0 bridgehead atoms. The highest BCUT2D eigenvalue weighted by Crippen LogP contribution is 2.29. The van der Waals surface area contributed by atoms with E-state index in [0.717, 1.165) is 22.9 Å². The number of carbonyl (C=O) groups is 1. The molecule has 0 aliphatic carbocycles. The van der Waals surface area contributed by atoms with Crippen molar-refractivity contribution in [2.24, 2.45) is 0 Å². The molecule has 0 atom stereocenters. The van der Waals surface area contributed by atoms with Gasteiger partial charge in [0.15, 0.2) is 5.82 Å². The number of aryl methyl sites for hydroxylation is 1. The van der Waals surface area contributed by atoms with E-state index in [1.54, 1.807) is 13.8 Å². The van der Waals surface area contributed by atoms with Crippen molar-refractivity contribution in [3.8, 4) is 0 Å². The van der Waals surface area contributed by atoms with E-state index < -0.39 is 16.5 Å². The van der Waals surface area contributed by atoms with Crippen molar-refractivity contribution in [1.82, 2.24) is 14.5 Å². The standard InChI is InChI=1S/C16H15N5O6/c1-3-26-16(23)12-8(2)27-15-13(12)14(17)18-10(19-15)7-20-6-9(21(24)25)4-5-11(20)22/h4-6H,3,7H2,1-2H3,(H2,17,18,19). The average molecular weight is 373 g/mol. The Morgan fingerprint density at radius 1 is 1.41 bits per heavy atom. The van der Waals surface area contributed by atoms with E-state index in [2.05, 4.69) is 9.97 Å². The molecule has 0 aromatic carbocycles. The highest BCUT2D eigenvalue weighted by molar-refractivity contribution is 6.07. The third-order valence-electron chi connectivity index (χ3n) is 3.77. The highest BCUT2D eigenvalue weighted by atomic mass is 16.6. The molecule has 0 aliphatic heterocycles. The lowest BCUT2D eigenvalue weighted by molar-refractivity contribution is -0.385. The first-order valence-electron chi connectivity index (χ1n) is 7.89. The maximum Gasteiger partial charge on any atom is 0.342 e. The van der Waals surface area contributed by atoms with Crippen LogP contribution < -0.4 is 11.3 Å². The van der Waals surface area contributed by atoms with E-state index in [0.29, 0.717) is 0 Å². The van der Waals surface area contributed by atoms with Gasteiger partial charge in [-0.3, -0.25) is 14.9 Å². The van der Waals surface area contributed by atoms with E-state index in [1.807, 2.05) is 0 Å². The molecule has 11 heteroatoms. The average Bonchev–Trinajstić information content (AvgIpc) is 2.93. The number of rotatable bonds is 5. The first kappa shape index (κ1) is 18.0. The molecule has 2 N–H and O–H groups in total. The number of aromatic nitrogens is 3. The van der Waals surface area contributed by atoms with Crippen molar-refractivity contribution in [2.75, 3.05) is 12.3 Å². The summed E-state index contributed by atoms with van der Waals surface area (Å²) in [7, 11) is 0. The van der Waals surface area contributed by atoms with E-state index in [1.165, 1.54) is 0 Å². The maximum absolute atomic E-state index is 12.1. The smallest absolute Gasteiger partial charge is 0.342 e. The van der Waals surface area contributed by atoms with Gasteiger partial charge in [0, 0.05) is 12.1 Å². The molecular formula is C16H15N5O6. The molecule has 0 saturated carbocycles. The number of esters is 1. The molecule has 3 heterocycles. The number of furan rings is 1. The van der Waals surface area contributed by atoms with E-state index >= 15 is 0 Å². The molecule has 3 rings (SSSR count). The van der Waals surface area contributed by atoms with Gasteiger partial charge in [0.2, 0.25) is 5.71 Å². The molecule has 11 nitrogen and oxygen atoms in total. The van der Waals surface area contributed by atoms with Crippen molar-refractivity contribution < 1.29 is 18.9 Å². The van der Waals surface area contributed by atoms with Crippen LogP contribution in [0.25, 0.3) is 11.1 Å². The third kappa shape index (κ3) is 3.34. The fourth-order valence-electron chi connectivity index (χ4n) is 2.61. The van der Waals surface area contributed by atoms with Crippen LogP contribution in [0.1, 0.15) is 28.9 Å². The molecule has 0 radical (unpaired) electrons. The number of nitro groups is 1. The molecule has 140 valence electrons. The number of nitrogens with zero attached hydrogens (tertiary/aromatic N) is 4. The van der Waals surface area contributed by atoms with Gasteiger partial charge < -0.3 is 19.5 Å². The Bertz CT molecular complexity index is 1120. The number of nitrogen functional groups attached to an aromatic ring is 1. The fraction of sp³-hybridized carbons (Fsp3) is 0.250. The second-order valence-corrected chi connectivity index (χ2v) is 5.57. The molecule has 3 aromatic heterocycles. The van der Waals surface area contributed by atoms with Gasteiger partial charge in [-0.15, -0.1) is 0 Å². The van der Waals surface area contributed by atoms with Crippen LogP contribution in [0, 0.1) is 17.0 Å². The zero-order valence-electron chi connectivity index (χ0n) is 14.5. The Morgan fingerprint density at radius 2 is 2.15 bits per heavy atom. The maximum atomic E-state index is 12.1. The van der Waals surface area contributed by atoms with E-state index in [9.17, 15) is 19.7 Å². The Morgan fingerprint density at radius 3 is 2.81 bits per heavy atom. The summed E-state index contributed by atoms with van der Waals surface area (Å²) >= 11 is 0. The van der Waals surface area contributed by atoms with Gasteiger partial charge in [-0.25, -0.2) is 9.78 Å². The number of hydrogen-bond donors (Lipinski definition) is 1. The minimum atomic E-state index is -0.615. The predicted octanol–water partition coefficient (Wildman–Crippen LogP) is 1.41. The van der Waals surface area contributed by atoms with Crippen molar-refractivity contribution in [2.45, 2.75) is 20.4 Å². The largest absolute Gasteiger partial charge is 0.462 e. The quantitative estimate of drug-likeness (QED) is 0.396. The molecule has 0 saturated heterocycles. The summed E-state index contributed by atoms with van der Waals surface area (Å²) in [5.74, 6) is -0.249. The molecule has 0 amide bonds. The second kappa shape index (κ2) is 6.86. The van der Waals surface area contributed by atoms with E-state index in [4.69, 9.17) is 14.9 Å². The molecule has 0 aliphatic rings. The van der Waals surface area contributed by atoms with Crippen LogP contribution in [-0.4, -0.2) is 32.0 Å². The minimum absolute atomic E-state index is 0.0200. The lowest BCUT2D eigenvalue weighted by Crippen LogP contribution is -2.21. The summed E-state index contributed by atoms with van der Waals surface area (Å²) in [6.45, 7) is 3.26.